The van der Waals surface area contributed by atoms with Crippen LogP contribution in [0.2, 0.25) is 0 Å². The van der Waals surface area contributed by atoms with Crippen LogP contribution in [0.1, 0.15) is 13.8 Å². The minimum Gasteiger partial charge on any atom is -0.434 e. The van der Waals surface area contributed by atoms with Gasteiger partial charge in [-0.15, -0.1) is 0 Å². The fourth-order valence-corrected chi connectivity index (χ4v) is 0.843. The van der Waals surface area contributed by atoms with E-state index < -0.39 is 17.5 Å². The number of rotatable bonds is 5. The van der Waals surface area contributed by atoms with Gasteiger partial charge in [-0.2, -0.15) is 5.26 Å². The molecule has 0 bridgehead atoms. The highest BCUT2D eigenvalue weighted by molar-refractivity contribution is 5.90. The summed E-state index contributed by atoms with van der Waals surface area (Å²) >= 11 is 0. The van der Waals surface area contributed by atoms with E-state index in [1.807, 2.05) is 0 Å². The average molecular weight is 214 g/mol. The van der Waals surface area contributed by atoms with Crippen molar-refractivity contribution in [2.45, 2.75) is 19.4 Å². The van der Waals surface area contributed by atoms with E-state index in [0.717, 1.165) is 6.92 Å². The van der Waals surface area contributed by atoms with E-state index in [4.69, 9.17) is 10.00 Å². The van der Waals surface area contributed by atoms with Crippen molar-refractivity contribution in [2.75, 3.05) is 20.3 Å². The van der Waals surface area contributed by atoms with E-state index in [2.05, 4.69) is 10.1 Å². The van der Waals surface area contributed by atoms with Gasteiger partial charge in [-0.25, -0.2) is 0 Å². The molecule has 0 aromatic rings. The molecular weight excluding hydrogens is 200 g/mol. The first-order chi connectivity index (χ1) is 6.96. The Kier molecular flexibility index (Phi) is 5.34. The van der Waals surface area contributed by atoms with Crippen LogP contribution in [0.25, 0.3) is 0 Å². The lowest BCUT2D eigenvalue weighted by Crippen LogP contribution is -2.47. The van der Waals surface area contributed by atoms with E-state index in [0.29, 0.717) is 6.61 Å². The number of carbonyl (C=O) groups is 2. The Labute approximate surface area is 88.2 Å². The fraction of sp³-hybridized carbons (Fsp3) is 0.667. The molecule has 0 aromatic carbocycles. The van der Waals surface area contributed by atoms with Gasteiger partial charge >= 0.3 is 5.97 Å². The molecule has 1 unspecified atom stereocenters. The Morgan fingerprint density at radius 1 is 1.53 bits per heavy atom. The lowest BCUT2D eigenvalue weighted by molar-refractivity contribution is -0.159. The van der Waals surface area contributed by atoms with Crippen LogP contribution in [0.3, 0.4) is 0 Å². The lowest BCUT2D eigenvalue weighted by Gasteiger charge is -2.20. The number of methoxy groups -OCH3 is 1. The van der Waals surface area contributed by atoms with Gasteiger partial charge in [0.05, 0.1) is 6.61 Å². The summed E-state index contributed by atoms with van der Waals surface area (Å²) in [6.07, 6.45) is 0. The molecule has 0 radical (unpaired) electrons. The van der Waals surface area contributed by atoms with Crippen molar-refractivity contribution < 1.29 is 19.1 Å². The summed E-state index contributed by atoms with van der Waals surface area (Å²) in [5.41, 5.74) is -1.78. The molecular formula is C9H14N2O4. The Morgan fingerprint density at radius 3 is 2.53 bits per heavy atom. The second kappa shape index (κ2) is 5.98. The van der Waals surface area contributed by atoms with Crippen LogP contribution in [0.5, 0.6) is 0 Å². The highest BCUT2D eigenvalue weighted by atomic mass is 16.6. The molecule has 0 aliphatic heterocycles. The zero-order valence-electron chi connectivity index (χ0n) is 8.99. The molecule has 1 atom stereocenters. The predicted octanol–water partition coefficient (Wildman–Crippen LogP) is -0.406. The number of carbonyl (C=O) groups excluding carboxylic acids is 2. The van der Waals surface area contributed by atoms with Gasteiger partial charge in [0.2, 0.25) is 0 Å². The van der Waals surface area contributed by atoms with Crippen LogP contribution < -0.4 is 5.32 Å². The molecule has 15 heavy (non-hydrogen) atoms. The Morgan fingerprint density at radius 2 is 2.13 bits per heavy atom. The zero-order chi connectivity index (χ0) is 11.9. The topological polar surface area (TPSA) is 88.4 Å². The summed E-state index contributed by atoms with van der Waals surface area (Å²) in [5.74, 6) is -1.34. The summed E-state index contributed by atoms with van der Waals surface area (Å²) in [4.78, 5) is 22.1. The average Bonchev–Trinajstić information content (AvgIpc) is 2.16. The third kappa shape index (κ3) is 4.42. The summed E-state index contributed by atoms with van der Waals surface area (Å²) in [5, 5.41) is 11.2. The number of hydrogen-bond donors (Lipinski definition) is 1. The smallest absolute Gasteiger partial charge is 0.304 e. The van der Waals surface area contributed by atoms with Gasteiger partial charge in [0.1, 0.15) is 6.07 Å². The number of esters is 1. The molecule has 0 aromatic heterocycles. The van der Waals surface area contributed by atoms with E-state index in [1.54, 1.807) is 6.07 Å². The van der Waals surface area contributed by atoms with Crippen LogP contribution >= 0.6 is 0 Å². The molecule has 0 heterocycles. The fourth-order valence-electron chi connectivity index (χ4n) is 0.843. The predicted molar refractivity (Wildman–Crippen MR) is 50.7 cm³/mol. The second-order valence-corrected chi connectivity index (χ2v) is 2.99. The molecule has 0 fully saturated rings. The van der Waals surface area contributed by atoms with Crippen molar-refractivity contribution in [1.29, 1.82) is 5.26 Å². The van der Waals surface area contributed by atoms with Crippen LogP contribution in [0.4, 0.5) is 0 Å². The summed E-state index contributed by atoms with van der Waals surface area (Å²) in [6.45, 7) is 2.95. The molecule has 0 rings (SSSR count). The lowest BCUT2D eigenvalue weighted by atomic mass is 10.1. The first kappa shape index (κ1) is 13.4. The highest BCUT2D eigenvalue weighted by Gasteiger charge is 2.36. The SMILES string of the molecule is COCCNC(=O)C(C)(C#N)OC(C)=O. The largest absolute Gasteiger partial charge is 0.434 e. The van der Waals surface area contributed by atoms with Crippen molar-refractivity contribution in [3.05, 3.63) is 0 Å². The minimum atomic E-state index is -1.78. The maximum atomic E-state index is 11.4. The third-order valence-corrected chi connectivity index (χ3v) is 1.59. The van der Waals surface area contributed by atoms with Crippen LogP contribution in [0, 0.1) is 11.3 Å². The van der Waals surface area contributed by atoms with Gasteiger partial charge in [-0.05, 0) is 6.92 Å². The molecule has 0 aliphatic rings. The van der Waals surface area contributed by atoms with Gasteiger partial charge in [-0.3, -0.25) is 9.59 Å². The highest BCUT2D eigenvalue weighted by Crippen LogP contribution is 2.09. The maximum absolute atomic E-state index is 11.4. The second-order valence-electron chi connectivity index (χ2n) is 2.99. The summed E-state index contributed by atoms with van der Waals surface area (Å²) in [6, 6.07) is 1.64. The molecule has 6 heteroatoms. The van der Waals surface area contributed by atoms with E-state index >= 15 is 0 Å². The monoisotopic (exact) mass is 214 g/mol. The van der Waals surface area contributed by atoms with Gasteiger partial charge in [0.25, 0.3) is 11.5 Å². The molecule has 6 nitrogen and oxygen atoms in total. The van der Waals surface area contributed by atoms with E-state index in [9.17, 15) is 9.59 Å². The number of ether oxygens (including phenoxy) is 2. The summed E-state index contributed by atoms with van der Waals surface area (Å²) in [7, 11) is 1.49. The first-order valence-corrected chi connectivity index (χ1v) is 4.34. The Bertz CT molecular complexity index is 284. The molecule has 0 saturated carbocycles. The normalized spacial score (nSPS) is 13.5. The number of nitriles is 1. The molecule has 84 valence electrons. The third-order valence-electron chi connectivity index (χ3n) is 1.59. The minimum absolute atomic E-state index is 0.258. The number of amides is 1. The molecule has 1 N–H and O–H groups in total. The standard InChI is InChI=1S/C9H14N2O4/c1-7(12)15-9(2,6-10)8(13)11-4-5-14-3/h4-5H2,1-3H3,(H,11,13). The van der Waals surface area contributed by atoms with Crippen molar-refractivity contribution in [3.8, 4) is 6.07 Å². The summed E-state index contributed by atoms with van der Waals surface area (Å²) < 4.78 is 9.34. The number of nitrogens with zero attached hydrogens (tertiary/aromatic N) is 1. The van der Waals surface area contributed by atoms with Crippen LogP contribution in [0.15, 0.2) is 0 Å². The van der Waals surface area contributed by atoms with E-state index in [1.165, 1.54) is 14.0 Å². The number of nitrogens with one attached hydrogen (secondary N) is 1. The molecule has 0 aliphatic carbocycles. The van der Waals surface area contributed by atoms with Crippen LogP contribution in [-0.2, 0) is 19.1 Å². The van der Waals surface area contributed by atoms with Gasteiger partial charge in [-0.1, -0.05) is 0 Å². The number of hydrogen-bond acceptors (Lipinski definition) is 5. The van der Waals surface area contributed by atoms with Gasteiger partial charge in [0, 0.05) is 20.6 Å². The molecule has 0 spiro atoms. The molecule has 0 saturated heterocycles. The van der Waals surface area contributed by atoms with E-state index in [-0.39, 0.29) is 6.54 Å². The van der Waals surface area contributed by atoms with Gasteiger partial charge < -0.3 is 14.8 Å². The molecule has 1 amide bonds. The zero-order valence-corrected chi connectivity index (χ0v) is 8.99. The van der Waals surface area contributed by atoms with Crippen molar-refractivity contribution in [3.63, 3.8) is 0 Å². The van der Waals surface area contributed by atoms with Crippen molar-refractivity contribution in [2.24, 2.45) is 0 Å². The maximum Gasteiger partial charge on any atom is 0.304 e. The van der Waals surface area contributed by atoms with Crippen molar-refractivity contribution >= 4 is 11.9 Å². The quantitative estimate of drug-likeness (QED) is 0.496. The van der Waals surface area contributed by atoms with Gasteiger partial charge in [0.15, 0.2) is 0 Å². The Balaban J connectivity index is 4.33. The Hall–Kier alpha value is -1.61. The van der Waals surface area contributed by atoms with Crippen molar-refractivity contribution in [1.82, 2.24) is 5.32 Å². The first-order valence-electron chi connectivity index (χ1n) is 4.34. The van der Waals surface area contributed by atoms with Crippen LogP contribution in [-0.4, -0.2) is 37.7 Å².